The molecule has 29 heavy (non-hydrogen) atoms. The molecule has 2 fully saturated rings. The fraction of sp³-hybridized carbons (Fsp3) is 0.636. The molecule has 1 aromatic heterocycles. The van der Waals surface area contributed by atoms with E-state index < -0.39 is 16.1 Å². The van der Waals surface area contributed by atoms with E-state index in [-0.39, 0.29) is 22.4 Å². The second kappa shape index (κ2) is 7.36. The third-order valence-electron chi connectivity index (χ3n) is 5.82. The molecule has 1 aliphatic carbocycles. The monoisotopic (exact) mass is 422 g/mol. The minimum atomic E-state index is -3.33. The molecule has 2 heterocycles. The number of nitrogens with zero attached hydrogens (tertiary/aromatic N) is 1. The smallest absolute Gasteiger partial charge is 0.215 e. The first-order chi connectivity index (χ1) is 13.5. The minimum absolute atomic E-state index is 0.0327. The van der Waals surface area contributed by atoms with Gasteiger partial charge in [-0.25, -0.2) is 17.5 Å². The Morgan fingerprint density at radius 3 is 2.59 bits per heavy atom. The van der Waals surface area contributed by atoms with E-state index >= 15 is 4.39 Å². The van der Waals surface area contributed by atoms with Gasteiger partial charge < -0.3 is 9.30 Å². The molecule has 1 N–H and O–H groups in total. The normalized spacial score (nSPS) is 21.8. The summed E-state index contributed by atoms with van der Waals surface area (Å²) in [6, 6.07) is 3.12. The quantitative estimate of drug-likeness (QED) is 0.747. The van der Waals surface area contributed by atoms with Crippen LogP contribution in [0.2, 0.25) is 0 Å². The van der Waals surface area contributed by atoms with Crippen LogP contribution in [0.25, 0.3) is 10.9 Å². The summed E-state index contributed by atoms with van der Waals surface area (Å²) < 4.78 is 50.3. The van der Waals surface area contributed by atoms with Gasteiger partial charge in [0, 0.05) is 42.2 Å². The van der Waals surface area contributed by atoms with Gasteiger partial charge in [-0.1, -0.05) is 20.8 Å². The van der Waals surface area contributed by atoms with Crippen molar-refractivity contribution in [2.75, 3.05) is 13.2 Å². The molecule has 0 bridgehead atoms. The van der Waals surface area contributed by atoms with Gasteiger partial charge in [0.2, 0.25) is 10.0 Å². The van der Waals surface area contributed by atoms with E-state index in [1.165, 1.54) is 0 Å². The Morgan fingerprint density at radius 1 is 1.28 bits per heavy atom. The first kappa shape index (κ1) is 20.8. The third kappa shape index (κ3) is 4.37. The van der Waals surface area contributed by atoms with E-state index in [1.54, 1.807) is 6.07 Å². The Labute approximate surface area is 172 Å². The Balaban J connectivity index is 1.78. The molecule has 0 amide bonds. The molecular weight excluding hydrogens is 391 g/mol. The van der Waals surface area contributed by atoms with E-state index in [4.69, 9.17) is 4.74 Å². The zero-order valence-corrected chi connectivity index (χ0v) is 18.5. The number of nitrogens with one attached hydrogen (secondary N) is 1. The lowest BCUT2D eigenvalue weighted by Crippen LogP contribution is -2.29. The number of fused-ring (bicyclic) bond motifs is 1. The highest BCUT2D eigenvalue weighted by Gasteiger charge is 2.37. The van der Waals surface area contributed by atoms with E-state index in [2.05, 4.69) is 30.1 Å². The first-order valence-corrected chi connectivity index (χ1v) is 12.0. The molecule has 0 radical (unpaired) electrons. The number of sulfonamides is 1. The van der Waals surface area contributed by atoms with Crippen LogP contribution in [0.5, 0.6) is 0 Å². The fourth-order valence-corrected chi connectivity index (χ4v) is 5.79. The largest absolute Gasteiger partial charge is 0.381 e. The Morgan fingerprint density at radius 2 is 2.00 bits per heavy atom. The standard InChI is InChI=1S/C22H31FN2O3S/c1-14(24-29(26,27)16-5-6-16)19-11-25(13-22(2,3)4)21-10-17(15-7-8-28-12-15)20(23)9-18(19)21/h9-11,14-16,24H,5-8,12-13H2,1-4H3. The van der Waals surface area contributed by atoms with Gasteiger partial charge in [0.05, 0.1) is 11.9 Å². The zero-order chi connectivity index (χ0) is 21.0. The summed E-state index contributed by atoms with van der Waals surface area (Å²) in [6.07, 6.45) is 4.25. The lowest BCUT2D eigenvalue weighted by molar-refractivity contribution is 0.193. The SMILES string of the molecule is CC(NS(=O)(=O)C1CC1)c1cn(CC(C)(C)C)c2cc(C3CCOC3)c(F)cc12. The van der Waals surface area contributed by atoms with E-state index in [0.717, 1.165) is 42.3 Å². The van der Waals surface area contributed by atoms with Gasteiger partial charge in [0.1, 0.15) is 5.82 Å². The van der Waals surface area contributed by atoms with Crippen LogP contribution in [0.15, 0.2) is 18.3 Å². The maximum atomic E-state index is 15.0. The average Bonchev–Trinajstić information content (AvgIpc) is 3.24. The van der Waals surface area contributed by atoms with Gasteiger partial charge in [-0.2, -0.15) is 0 Å². The van der Waals surface area contributed by atoms with Crippen molar-refractivity contribution in [1.82, 2.24) is 9.29 Å². The number of benzene rings is 1. The van der Waals surface area contributed by atoms with Crippen LogP contribution in [0.1, 0.15) is 70.0 Å². The molecule has 7 heteroatoms. The molecule has 2 aliphatic rings. The molecule has 160 valence electrons. The number of rotatable bonds is 6. The molecule has 1 saturated carbocycles. The summed E-state index contributed by atoms with van der Waals surface area (Å²) in [5.41, 5.74) is 2.50. The van der Waals surface area contributed by atoms with Crippen molar-refractivity contribution in [2.45, 2.75) is 70.7 Å². The predicted molar refractivity (Wildman–Crippen MR) is 113 cm³/mol. The van der Waals surface area contributed by atoms with Gasteiger partial charge >= 0.3 is 0 Å². The summed E-state index contributed by atoms with van der Waals surface area (Å²) in [7, 11) is -3.33. The molecule has 2 aromatic rings. The van der Waals surface area contributed by atoms with Gasteiger partial charge in [0.25, 0.3) is 0 Å². The van der Waals surface area contributed by atoms with Crippen LogP contribution < -0.4 is 4.72 Å². The summed E-state index contributed by atoms with van der Waals surface area (Å²) in [5.74, 6) is -0.161. The zero-order valence-electron chi connectivity index (χ0n) is 17.7. The summed E-state index contributed by atoms with van der Waals surface area (Å²) in [4.78, 5) is 0. The van der Waals surface area contributed by atoms with E-state index in [0.29, 0.717) is 18.8 Å². The van der Waals surface area contributed by atoms with Gasteiger partial charge in [-0.3, -0.25) is 0 Å². The van der Waals surface area contributed by atoms with Crippen molar-refractivity contribution < 1.29 is 17.5 Å². The average molecular weight is 423 g/mol. The molecular formula is C22H31FN2O3S. The molecule has 5 nitrogen and oxygen atoms in total. The Bertz CT molecular complexity index is 1010. The highest BCUT2D eigenvalue weighted by molar-refractivity contribution is 7.90. The maximum Gasteiger partial charge on any atom is 0.215 e. The van der Waals surface area contributed by atoms with Gasteiger partial charge in [0.15, 0.2) is 0 Å². The summed E-state index contributed by atoms with van der Waals surface area (Å²) in [5, 5.41) is 0.499. The lowest BCUT2D eigenvalue weighted by atomic mass is 9.95. The second-order valence-electron chi connectivity index (χ2n) is 9.81. The number of hydrogen-bond acceptors (Lipinski definition) is 3. The molecule has 2 unspecified atom stereocenters. The highest BCUT2D eigenvalue weighted by atomic mass is 32.2. The van der Waals surface area contributed by atoms with Crippen LogP contribution in [0, 0.1) is 11.2 Å². The highest BCUT2D eigenvalue weighted by Crippen LogP contribution is 2.36. The molecule has 1 saturated heterocycles. The number of hydrogen-bond donors (Lipinski definition) is 1. The molecule has 4 rings (SSSR count). The predicted octanol–water partition coefficient (Wildman–Crippen LogP) is 4.47. The van der Waals surface area contributed by atoms with E-state index in [1.807, 2.05) is 19.2 Å². The van der Waals surface area contributed by atoms with Crippen molar-refractivity contribution in [2.24, 2.45) is 5.41 Å². The van der Waals surface area contributed by atoms with Crippen molar-refractivity contribution in [1.29, 1.82) is 0 Å². The topological polar surface area (TPSA) is 60.3 Å². The number of aromatic nitrogens is 1. The molecule has 0 spiro atoms. The van der Waals surface area contributed by atoms with Crippen LogP contribution >= 0.6 is 0 Å². The van der Waals surface area contributed by atoms with E-state index in [9.17, 15) is 8.42 Å². The Kier molecular flexibility index (Phi) is 5.28. The lowest BCUT2D eigenvalue weighted by Gasteiger charge is -2.20. The van der Waals surface area contributed by atoms with Gasteiger partial charge in [-0.15, -0.1) is 0 Å². The van der Waals surface area contributed by atoms with Crippen LogP contribution in [-0.2, 0) is 21.3 Å². The molecule has 1 aromatic carbocycles. The third-order valence-corrected chi connectivity index (χ3v) is 7.85. The fourth-order valence-electron chi connectivity index (χ4n) is 4.22. The molecule has 1 aliphatic heterocycles. The minimum Gasteiger partial charge on any atom is -0.381 e. The summed E-state index contributed by atoms with van der Waals surface area (Å²) in [6.45, 7) is 10.3. The number of ether oxygens (including phenoxy) is 1. The summed E-state index contributed by atoms with van der Waals surface area (Å²) >= 11 is 0. The van der Waals surface area contributed by atoms with Crippen molar-refractivity contribution in [3.8, 4) is 0 Å². The number of halogens is 1. The van der Waals surface area contributed by atoms with Gasteiger partial charge in [-0.05, 0) is 54.9 Å². The van der Waals surface area contributed by atoms with Crippen molar-refractivity contribution in [3.05, 3.63) is 35.3 Å². The maximum absolute atomic E-state index is 15.0. The molecule has 2 atom stereocenters. The second-order valence-corrected chi connectivity index (χ2v) is 11.8. The van der Waals surface area contributed by atoms with Crippen molar-refractivity contribution >= 4 is 20.9 Å². The first-order valence-electron chi connectivity index (χ1n) is 10.5. The van der Waals surface area contributed by atoms with Crippen LogP contribution in [0.4, 0.5) is 4.39 Å². The van der Waals surface area contributed by atoms with Crippen LogP contribution in [0.3, 0.4) is 0 Å². The Hall–Kier alpha value is -1.44. The van der Waals surface area contributed by atoms with Crippen molar-refractivity contribution in [3.63, 3.8) is 0 Å². The van der Waals surface area contributed by atoms with Crippen LogP contribution in [-0.4, -0.2) is 31.4 Å².